The van der Waals surface area contributed by atoms with Gasteiger partial charge in [0.15, 0.2) is 0 Å². The second kappa shape index (κ2) is 4.69. The normalized spacial score (nSPS) is 23.3. The van der Waals surface area contributed by atoms with Crippen molar-refractivity contribution in [2.75, 3.05) is 24.5 Å². The SMILES string of the molecule is O=C1Cc2ccc(F)cc2N1CC1CCCNC1. The first-order valence-electron chi connectivity index (χ1n) is 6.53. The average Bonchev–Trinajstić information content (AvgIpc) is 2.67. The number of hydrogen-bond donors (Lipinski definition) is 1. The summed E-state index contributed by atoms with van der Waals surface area (Å²) in [6, 6.07) is 4.63. The Balaban J connectivity index is 1.80. The predicted octanol–water partition coefficient (Wildman–Crippen LogP) is 1.71. The van der Waals surface area contributed by atoms with Crippen LogP contribution in [0, 0.1) is 11.7 Å². The highest BCUT2D eigenvalue weighted by Crippen LogP contribution is 2.30. The molecule has 3 rings (SSSR count). The van der Waals surface area contributed by atoms with E-state index >= 15 is 0 Å². The Bertz CT molecular complexity index is 469. The molecule has 1 aromatic carbocycles. The molecule has 4 heteroatoms. The summed E-state index contributed by atoms with van der Waals surface area (Å²) >= 11 is 0. The molecule has 1 amide bonds. The minimum absolute atomic E-state index is 0.0983. The maximum atomic E-state index is 13.3. The first kappa shape index (κ1) is 11.7. The van der Waals surface area contributed by atoms with Crippen molar-refractivity contribution in [2.45, 2.75) is 19.3 Å². The van der Waals surface area contributed by atoms with Crippen LogP contribution in [0.25, 0.3) is 0 Å². The van der Waals surface area contributed by atoms with E-state index in [0.717, 1.165) is 37.2 Å². The number of anilines is 1. The van der Waals surface area contributed by atoms with Crippen LogP contribution < -0.4 is 10.2 Å². The van der Waals surface area contributed by atoms with Gasteiger partial charge in [-0.05, 0) is 49.5 Å². The highest BCUT2D eigenvalue weighted by molar-refractivity contribution is 6.01. The van der Waals surface area contributed by atoms with Crippen LogP contribution in [0.4, 0.5) is 10.1 Å². The number of benzene rings is 1. The number of carbonyl (C=O) groups is 1. The lowest BCUT2D eigenvalue weighted by Gasteiger charge is -2.28. The Morgan fingerprint density at radius 3 is 3.11 bits per heavy atom. The molecule has 3 nitrogen and oxygen atoms in total. The topological polar surface area (TPSA) is 32.3 Å². The van der Waals surface area contributed by atoms with Crippen molar-refractivity contribution in [3.05, 3.63) is 29.6 Å². The smallest absolute Gasteiger partial charge is 0.231 e. The zero-order valence-corrected chi connectivity index (χ0v) is 10.3. The maximum absolute atomic E-state index is 13.3. The summed E-state index contributed by atoms with van der Waals surface area (Å²) in [7, 11) is 0. The van der Waals surface area contributed by atoms with Gasteiger partial charge in [0.2, 0.25) is 5.91 Å². The fraction of sp³-hybridized carbons (Fsp3) is 0.500. The van der Waals surface area contributed by atoms with Crippen LogP contribution in [0.3, 0.4) is 0 Å². The van der Waals surface area contributed by atoms with E-state index in [-0.39, 0.29) is 11.7 Å². The van der Waals surface area contributed by atoms with Crippen LogP contribution in [-0.4, -0.2) is 25.5 Å². The third-order valence-corrected chi connectivity index (χ3v) is 3.82. The molecule has 0 aromatic heterocycles. The van der Waals surface area contributed by atoms with Crippen LogP contribution in [0.5, 0.6) is 0 Å². The van der Waals surface area contributed by atoms with Crippen LogP contribution in [-0.2, 0) is 11.2 Å². The molecule has 0 radical (unpaired) electrons. The Hall–Kier alpha value is -1.42. The van der Waals surface area contributed by atoms with Crippen LogP contribution in [0.1, 0.15) is 18.4 Å². The van der Waals surface area contributed by atoms with E-state index in [4.69, 9.17) is 0 Å². The molecule has 1 atom stereocenters. The summed E-state index contributed by atoms with van der Waals surface area (Å²) in [5.74, 6) is 0.313. The van der Waals surface area contributed by atoms with Gasteiger partial charge >= 0.3 is 0 Å². The van der Waals surface area contributed by atoms with Crippen molar-refractivity contribution in [1.82, 2.24) is 5.32 Å². The highest BCUT2D eigenvalue weighted by Gasteiger charge is 2.29. The molecule has 1 fully saturated rings. The van der Waals surface area contributed by atoms with E-state index in [1.807, 2.05) is 0 Å². The van der Waals surface area contributed by atoms with Crippen LogP contribution >= 0.6 is 0 Å². The van der Waals surface area contributed by atoms with Gasteiger partial charge in [-0.2, -0.15) is 0 Å². The molecule has 1 unspecified atom stereocenters. The summed E-state index contributed by atoms with van der Waals surface area (Å²) in [6.07, 6.45) is 2.71. The molecular formula is C14H17FN2O. The Morgan fingerprint density at radius 1 is 1.44 bits per heavy atom. The van der Waals surface area contributed by atoms with Gasteiger partial charge in [-0.25, -0.2) is 4.39 Å². The molecule has 18 heavy (non-hydrogen) atoms. The van der Waals surface area contributed by atoms with Gasteiger partial charge in [-0.15, -0.1) is 0 Å². The Labute approximate surface area is 106 Å². The van der Waals surface area contributed by atoms with Crippen molar-refractivity contribution < 1.29 is 9.18 Å². The monoisotopic (exact) mass is 248 g/mol. The Morgan fingerprint density at radius 2 is 2.33 bits per heavy atom. The maximum Gasteiger partial charge on any atom is 0.231 e. The van der Waals surface area contributed by atoms with E-state index in [2.05, 4.69) is 5.32 Å². The number of halogens is 1. The van der Waals surface area contributed by atoms with Crippen molar-refractivity contribution >= 4 is 11.6 Å². The number of rotatable bonds is 2. The minimum atomic E-state index is -0.268. The standard InChI is InChI=1S/C14H17FN2O/c15-12-4-3-11-6-14(18)17(13(11)7-12)9-10-2-1-5-16-8-10/h3-4,7,10,16H,1-2,5-6,8-9H2. The van der Waals surface area contributed by atoms with Crippen molar-refractivity contribution in [3.8, 4) is 0 Å². The molecule has 1 aromatic rings. The third kappa shape index (κ3) is 2.12. The van der Waals surface area contributed by atoms with E-state index in [1.54, 1.807) is 11.0 Å². The van der Waals surface area contributed by atoms with Gasteiger partial charge in [0.05, 0.1) is 12.1 Å². The predicted molar refractivity (Wildman–Crippen MR) is 68.1 cm³/mol. The molecule has 0 aliphatic carbocycles. The summed E-state index contributed by atoms with van der Waals surface area (Å²) in [5, 5.41) is 3.35. The first-order chi connectivity index (χ1) is 8.74. The molecule has 96 valence electrons. The third-order valence-electron chi connectivity index (χ3n) is 3.82. The second-order valence-corrected chi connectivity index (χ2v) is 5.17. The molecule has 2 heterocycles. The van der Waals surface area contributed by atoms with Gasteiger partial charge in [0.25, 0.3) is 0 Å². The van der Waals surface area contributed by atoms with Crippen molar-refractivity contribution in [1.29, 1.82) is 0 Å². The lowest BCUT2D eigenvalue weighted by molar-refractivity contribution is -0.117. The molecule has 2 aliphatic rings. The highest BCUT2D eigenvalue weighted by atomic mass is 19.1. The van der Waals surface area contributed by atoms with Crippen LogP contribution in [0.15, 0.2) is 18.2 Å². The number of hydrogen-bond acceptors (Lipinski definition) is 2. The van der Waals surface area contributed by atoms with E-state index in [0.29, 0.717) is 18.9 Å². The molecule has 1 saturated heterocycles. The number of piperidine rings is 1. The zero-order chi connectivity index (χ0) is 12.5. The fourth-order valence-electron chi connectivity index (χ4n) is 2.87. The van der Waals surface area contributed by atoms with Gasteiger partial charge in [-0.3, -0.25) is 4.79 Å². The summed E-state index contributed by atoms with van der Waals surface area (Å²) in [4.78, 5) is 13.8. The van der Waals surface area contributed by atoms with Gasteiger partial charge in [-0.1, -0.05) is 6.07 Å². The molecule has 1 N–H and O–H groups in total. The number of nitrogens with zero attached hydrogens (tertiary/aromatic N) is 1. The lowest BCUT2D eigenvalue weighted by atomic mass is 9.99. The largest absolute Gasteiger partial charge is 0.316 e. The molecule has 0 saturated carbocycles. The lowest BCUT2D eigenvalue weighted by Crippen LogP contribution is -2.39. The summed E-state index contributed by atoms with van der Waals surface area (Å²) in [5.41, 5.74) is 1.72. The van der Waals surface area contributed by atoms with Gasteiger partial charge < -0.3 is 10.2 Å². The average molecular weight is 248 g/mol. The first-order valence-corrected chi connectivity index (χ1v) is 6.53. The number of fused-ring (bicyclic) bond motifs is 1. The Kier molecular flexibility index (Phi) is 3.04. The number of nitrogens with one attached hydrogen (secondary N) is 1. The second-order valence-electron chi connectivity index (χ2n) is 5.17. The number of carbonyl (C=O) groups excluding carboxylic acids is 1. The molecule has 0 spiro atoms. The quantitative estimate of drug-likeness (QED) is 0.864. The minimum Gasteiger partial charge on any atom is -0.316 e. The van der Waals surface area contributed by atoms with Gasteiger partial charge in [0, 0.05) is 6.54 Å². The van der Waals surface area contributed by atoms with E-state index < -0.39 is 0 Å². The number of amides is 1. The van der Waals surface area contributed by atoms with E-state index in [1.165, 1.54) is 12.1 Å². The molecule has 0 bridgehead atoms. The molecular weight excluding hydrogens is 231 g/mol. The van der Waals surface area contributed by atoms with Crippen molar-refractivity contribution in [3.63, 3.8) is 0 Å². The zero-order valence-electron chi connectivity index (χ0n) is 10.3. The summed E-state index contributed by atoms with van der Waals surface area (Å²) in [6.45, 7) is 2.73. The van der Waals surface area contributed by atoms with Gasteiger partial charge in [0.1, 0.15) is 5.82 Å². The van der Waals surface area contributed by atoms with Crippen molar-refractivity contribution in [2.24, 2.45) is 5.92 Å². The van der Waals surface area contributed by atoms with E-state index in [9.17, 15) is 9.18 Å². The fourth-order valence-corrected chi connectivity index (χ4v) is 2.87. The van der Waals surface area contributed by atoms with Crippen LogP contribution in [0.2, 0.25) is 0 Å². The summed E-state index contributed by atoms with van der Waals surface area (Å²) < 4.78 is 13.3. The molecule has 2 aliphatic heterocycles.